The number of hydrogen-bond acceptors (Lipinski definition) is 4. The van der Waals surface area contributed by atoms with Crippen LogP contribution in [0.25, 0.3) is 0 Å². The number of anilines is 1. The molecule has 0 spiro atoms. The predicted octanol–water partition coefficient (Wildman–Crippen LogP) is 3.67. The number of halogens is 1. The van der Waals surface area contributed by atoms with Crippen molar-refractivity contribution >= 4 is 23.5 Å². The van der Waals surface area contributed by atoms with Crippen molar-refractivity contribution in [3.05, 3.63) is 88.2 Å². The van der Waals surface area contributed by atoms with Crippen LogP contribution in [0, 0.1) is 0 Å². The third-order valence-corrected chi connectivity index (χ3v) is 5.15. The highest BCUT2D eigenvalue weighted by Crippen LogP contribution is 2.21. The van der Waals surface area contributed by atoms with Gasteiger partial charge < -0.3 is 10.2 Å². The van der Waals surface area contributed by atoms with Crippen LogP contribution >= 0.6 is 11.6 Å². The normalized spacial score (nSPS) is 13.1. The van der Waals surface area contributed by atoms with Gasteiger partial charge in [-0.3, -0.25) is 4.79 Å². The minimum Gasteiger partial charge on any atom is -0.350 e. The van der Waals surface area contributed by atoms with Gasteiger partial charge in [-0.1, -0.05) is 48.0 Å². The first kappa shape index (κ1) is 18.4. The number of benzene rings is 2. The lowest BCUT2D eigenvalue weighted by molar-refractivity contribution is 0.0949. The zero-order valence-electron chi connectivity index (χ0n) is 15.4. The summed E-state index contributed by atoms with van der Waals surface area (Å²) in [4.78, 5) is 23.5. The maximum Gasteiger partial charge on any atom is 0.270 e. The van der Waals surface area contributed by atoms with Crippen molar-refractivity contribution in [1.82, 2.24) is 15.3 Å². The summed E-state index contributed by atoms with van der Waals surface area (Å²) < 4.78 is 0. The highest BCUT2D eigenvalue weighted by Gasteiger charge is 2.19. The molecule has 0 unspecified atom stereocenters. The summed E-state index contributed by atoms with van der Waals surface area (Å²) in [5, 5.41) is 3.64. The largest absolute Gasteiger partial charge is 0.350 e. The van der Waals surface area contributed by atoms with Gasteiger partial charge in [-0.25, -0.2) is 9.97 Å². The molecule has 1 N–H and O–H groups in total. The number of nitrogens with one attached hydrogen (secondary N) is 1. The average molecular weight is 393 g/mol. The monoisotopic (exact) mass is 392 g/mol. The molecule has 0 radical (unpaired) electrons. The molecule has 142 valence electrons. The first-order chi connectivity index (χ1) is 13.7. The van der Waals surface area contributed by atoms with E-state index in [4.69, 9.17) is 11.6 Å². The number of fused-ring (bicyclic) bond motifs is 1. The average Bonchev–Trinajstić information content (AvgIpc) is 2.75. The van der Waals surface area contributed by atoms with Crippen LogP contribution in [0.1, 0.15) is 27.2 Å². The molecule has 0 aliphatic carbocycles. The Morgan fingerprint density at radius 1 is 1.07 bits per heavy atom. The fourth-order valence-electron chi connectivity index (χ4n) is 3.36. The standard InChI is InChI=1S/C22H21ClN4O/c23-19-7-5-16(6-8-19)9-12-24-21(28)20-10-13-25-22(26-20)27-14-11-17-3-1-2-4-18(17)15-27/h1-8,10,13H,9,11-12,14-15H2,(H,24,28). The Hall–Kier alpha value is -2.92. The van der Waals surface area contributed by atoms with Crippen molar-refractivity contribution in [2.24, 2.45) is 0 Å². The Kier molecular flexibility index (Phi) is 5.53. The fourth-order valence-corrected chi connectivity index (χ4v) is 3.48. The van der Waals surface area contributed by atoms with Crippen LogP contribution in [-0.2, 0) is 19.4 Å². The van der Waals surface area contributed by atoms with E-state index in [2.05, 4.69) is 38.4 Å². The van der Waals surface area contributed by atoms with E-state index in [9.17, 15) is 4.79 Å². The third kappa shape index (κ3) is 4.31. The molecule has 28 heavy (non-hydrogen) atoms. The van der Waals surface area contributed by atoms with E-state index < -0.39 is 0 Å². The smallest absolute Gasteiger partial charge is 0.270 e. The number of rotatable bonds is 5. The molecule has 0 saturated heterocycles. The highest BCUT2D eigenvalue weighted by atomic mass is 35.5. The summed E-state index contributed by atoms with van der Waals surface area (Å²) in [6, 6.07) is 17.7. The Balaban J connectivity index is 1.38. The molecular weight excluding hydrogens is 372 g/mol. The summed E-state index contributed by atoms with van der Waals surface area (Å²) in [7, 11) is 0. The molecule has 1 aliphatic rings. The van der Waals surface area contributed by atoms with Gasteiger partial charge in [0.1, 0.15) is 5.69 Å². The summed E-state index contributed by atoms with van der Waals surface area (Å²) in [6.07, 6.45) is 3.35. The zero-order valence-corrected chi connectivity index (χ0v) is 16.2. The Labute approximate surface area is 169 Å². The van der Waals surface area contributed by atoms with E-state index in [0.29, 0.717) is 23.2 Å². The second kappa shape index (κ2) is 8.40. The van der Waals surface area contributed by atoms with Gasteiger partial charge in [0.2, 0.25) is 5.95 Å². The molecule has 4 rings (SSSR count). The Morgan fingerprint density at radius 2 is 1.86 bits per heavy atom. The molecule has 5 nitrogen and oxygen atoms in total. The van der Waals surface area contributed by atoms with Gasteiger partial charge >= 0.3 is 0 Å². The lowest BCUT2D eigenvalue weighted by Gasteiger charge is -2.28. The summed E-state index contributed by atoms with van der Waals surface area (Å²) in [5.74, 6) is 0.412. The van der Waals surface area contributed by atoms with Crippen molar-refractivity contribution < 1.29 is 4.79 Å². The first-order valence-electron chi connectivity index (χ1n) is 9.36. The van der Waals surface area contributed by atoms with Gasteiger partial charge in [-0.15, -0.1) is 0 Å². The fraction of sp³-hybridized carbons (Fsp3) is 0.227. The summed E-state index contributed by atoms with van der Waals surface area (Å²) in [5.41, 5.74) is 4.17. The number of nitrogens with zero attached hydrogens (tertiary/aromatic N) is 3. The molecule has 1 aliphatic heterocycles. The second-order valence-corrected chi connectivity index (χ2v) is 7.25. The molecule has 0 fully saturated rings. The number of amides is 1. The maximum atomic E-state index is 12.5. The lowest BCUT2D eigenvalue weighted by Crippen LogP contribution is -2.33. The van der Waals surface area contributed by atoms with Crippen LogP contribution < -0.4 is 10.2 Å². The molecule has 1 aromatic heterocycles. The van der Waals surface area contributed by atoms with E-state index in [-0.39, 0.29) is 5.91 Å². The third-order valence-electron chi connectivity index (χ3n) is 4.90. The minimum atomic E-state index is -0.185. The molecule has 2 aromatic carbocycles. The lowest BCUT2D eigenvalue weighted by atomic mass is 10.0. The number of carbonyl (C=O) groups is 1. The van der Waals surface area contributed by atoms with Gasteiger partial charge in [0.15, 0.2) is 0 Å². The molecule has 1 amide bonds. The zero-order chi connectivity index (χ0) is 19.3. The molecule has 3 aromatic rings. The van der Waals surface area contributed by atoms with Gasteiger partial charge in [0, 0.05) is 30.9 Å². The van der Waals surface area contributed by atoms with Gasteiger partial charge in [-0.2, -0.15) is 0 Å². The topological polar surface area (TPSA) is 58.1 Å². The van der Waals surface area contributed by atoms with Crippen LogP contribution in [0.15, 0.2) is 60.8 Å². The van der Waals surface area contributed by atoms with Gasteiger partial charge in [-0.05, 0) is 47.7 Å². The van der Waals surface area contributed by atoms with Crippen molar-refractivity contribution in [3.8, 4) is 0 Å². The van der Waals surface area contributed by atoms with Crippen LogP contribution in [-0.4, -0.2) is 29.0 Å². The highest BCUT2D eigenvalue weighted by molar-refractivity contribution is 6.30. The number of hydrogen-bond donors (Lipinski definition) is 1. The van der Waals surface area contributed by atoms with Crippen LogP contribution in [0.2, 0.25) is 5.02 Å². The van der Waals surface area contributed by atoms with Crippen molar-refractivity contribution in [3.63, 3.8) is 0 Å². The minimum absolute atomic E-state index is 0.185. The predicted molar refractivity (Wildman–Crippen MR) is 111 cm³/mol. The molecule has 0 bridgehead atoms. The van der Waals surface area contributed by atoms with E-state index in [1.54, 1.807) is 12.3 Å². The first-order valence-corrected chi connectivity index (χ1v) is 9.74. The van der Waals surface area contributed by atoms with E-state index in [1.165, 1.54) is 11.1 Å². The summed E-state index contributed by atoms with van der Waals surface area (Å²) in [6.45, 7) is 2.15. The van der Waals surface area contributed by atoms with Crippen LogP contribution in [0.4, 0.5) is 5.95 Å². The molecular formula is C22H21ClN4O. The summed E-state index contributed by atoms with van der Waals surface area (Å²) >= 11 is 5.90. The van der Waals surface area contributed by atoms with E-state index in [0.717, 1.165) is 31.5 Å². The van der Waals surface area contributed by atoms with Gasteiger partial charge in [0.25, 0.3) is 5.91 Å². The molecule has 0 saturated carbocycles. The number of carbonyl (C=O) groups excluding carboxylic acids is 1. The van der Waals surface area contributed by atoms with Gasteiger partial charge in [0.05, 0.1) is 0 Å². The van der Waals surface area contributed by atoms with E-state index >= 15 is 0 Å². The van der Waals surface area contributed by atoms with Crippen molar-refractivity contribution in [2.45, 2.75) is 19.4 Å². The SMILES string of the molecule is O=C(NCCc1ccc(Cl)cc1)c1ccnc(N2CCc3ccccc3C2)n1. The Morgan fingerprint density at radius 3 is 2.68 bits per heavy atom. The van der Waals surface area contributed by atoms with E-state index in [1.807, 2.05) is 30.3 Å². The quantitative estimate of drug-likeness (QED) is 0.719. The van der Waals surface area contributed by atoms with Crippen LogP contribution in [0.5, 0.6) is 0 Å². The van der Waals surface area contributed by atoms with Crippen molar-refractivity contribution in [2.75, 3.05) is 18.0 Å². The molecule has 2 heterocycles. The second-order valence-electron chi connectivity index (χ2n) is 6.81. The maximum absolute atomic E-state index is 12.5. The Bertz CT molecular complexity index is 974. The molecule has 6 heteroatoms. The van der Waals surface area contributed by atoms with Crippen LogP contribution in [0.3, 0.4) is 0 Å². The molecule has 0 atom stereocenters. The van der Waals surface area contributed by atoms with Crippen molar-refractivity contribution in [1.29, 1.82) is 0 Å². The number of aromatic nitrogens is 2.